The van der Waals surface area contributed by atoms with Crippen molar-refractivity contribution in [2.75, 3.05) is 69.2 Å². The van der Waals surface area contributed by atoms with Crippen molar-refractivity contribution in [2.45, 2.75) is 95.8 Å². The molecule has 0 bridgehead atoms. The number of carbonyl (C=O) groups is 1. The van der Waals surface area contributed by atoms with Crippen LogP contribution in [0, 0.1) is 15.5 Å². The standard InChI is InChI=1S/C51H66Cl2N6O7SSi/c1-50(2,3)68(6,7)65-30-29-56-23-20-40(21-24-56)54-46-18-16-43(33-47(46)59(61)62)67(63,64)55-49(60)44-17-15-41(32-48(44)66-42-10-8-9-39(53)31-42)58-27-25-57(26-28-58)35-37-19-22-51(4,5)34-45(37)36-11-13-38(52)14-12-36/h8-18,31-33,40,54H,19-30,34-35H2,1-7H3,(H,55,60). The van der Waals surface area contributed by atoms with Gasteiger partial charge in [-0.3, -0.25) is 19.8 Å². The zero-order valence-electron chi connectivity index (χ0n) is 40.4. The largest absolute Gasteiger partial charge is 0.456 e. The van der Waals surface area contributed by atoms with Crippen LogP contribution < -0.4 is 19.7 Å². The summed E-state index contributed by atoms with van der Waals surface area (Å²) < 4.78 is 42.4. The molecule has 4 aromatic carbocycles. The van der Waals surface area contributed by atoms with Crippen molar-refractivity contribution in [3.05, 3.63) is 122 Å². The quantitative estimate of drug-likeness (QED) is 0.0628. The van der Waals surface area contributed by atoms with Crippen LogP contribution in [0.25, 0.3) is 5.57 Å². The molecular weight excluding hydrogens is 940 g/mol. The van der Waals surface area contributed by atoms with Crippen LogP contribution in [0.2, 0.25) is 28.2 Å². The van der Waals surface area contributed by atoms with Gasteiger partial charge in [0.1, 0.15) is 17.2 Å². The molecule has 2 N–H and O–H groups in total. The molecule has 13 nitrogen and oxygen atoms in total. The van der Waals surface area contributed by atoms with E-state index in [1.54, 1.807) is 42.5 Å². The number of piperidine rings is 1. The summed E-state index contributed by atoms with van der Waals surface area (Å²) in [5.74, 6) is -0.468. The number of nitrogens with one attached hydrogen (secondary N) is 2. The van der Waals surface area contributed by atoms with E-state index in [4.69, 9.17) is 32.4 Å². The molecule has 7 rings (SSSR count). The molecule has 0 saturated carbocycles. The van der Waals surface area contributed by atoms with Gasteiger partial charge in [0.25, 0.3) is 21.6 Å². The number of ether oxygens (including phenoxy) is 1. The number of nitro groups is 1. The number of amides is 1. The third-order valence-corrected chi connectivity index (χ3v) is 20.4. The van der Waals surface area contributed by atoms with E-state index in [1.807, 2.05) is 12.1 Å². The number of nitrogens with zero attached hydrogens (tertiary/aromatic N) is 4. The SMILES string of the molecule is CC1(C)CCC(CN2CCN(c3ccc(C(=O)NS(=O)(=O)c4ccc(NC5CCN(CCO[Si](C)(C)C(C)(C)C)CC5)c([N+](=O)[O-])c4)c(Oc4cccc(Cl)c4)c3)CC2)=C(c2ccc(Cl)cc2)C1. The Kier molecular flexibility index (Phi) is 16.1. The van der Waals surface area contributed by atoms with Crippen molar-refractivity contribution in [1.82, 2.24) is 14.5 Å². The van der Waals surface area contributed by atoms with Gasteiger partial charge >= 0.3 is 0 Å². The summed E-state index contributed by atoms with van der Waals surface area (Å²) >= 11 is 12.5. The minimum Gasteiger partial charge on any atom is -0.456 e. The molecule has 3 aliphatic rings. The Hall–Kier alpha value is -4.48. The van der Waals surface area contributed by atoms with Crippen LogP contribution in [0.3, 0.4) is 0 Å². The summed E-state index contributed by atoms with van der Waals surface area (Å²) in [5.41, 5.74) is 4.91. The highest BCUT2D eigenvalue weighted by Gasteiger charge is 2.37. The first-order chi connectivity index (χ1) is 32.1. The molecular formula is C51H66Cl2N6O7SSi. The maximum atomic E-state index is 14.0. The fraction of sp³-hybridized carbons (Fsp3) is 0.471. The number of allylic oxidation sites excluding steroid dienone is 1. The molecule has 0 radical (unpaired) electrons. The molecule has 0 atom stereocenters. The van der Waals surface area contributed by atoms with Gasteiger partial charge in [0.15, 0.2) is 8.32 Å². The third kappa shape index (κ3) is 13.0. The number of likely N-dealkylation sites (tertiary alicyclic amines) is 1. The van der Waals surface area contributed by atoms with Crippen LogP contribution in [0.1, 0.15) is 82.6 Å². The molecule has 1 aliphatic carbocycles. The molecule has 2 aliphatic heterocycles. The number of anilines is 2. The van der Waals surface area contributed by atoms with E-state index in [-0.39, 0.29) is 33.5 Å². The Morgan fingerprint density at radius 1 is 0.897 bits per heavy atom. The number of hydrogen-bond donors (Lipinski definition) is 2. The number of nitro benzene ring substituents is 1. The number of halogens is 2. The van der Waals surface area contributed by atoms with Gasteiger partial charge in [0.2, 0.25) is 0 Å². The van der Waals surface area contributed by atoms with Crippen LogP contribution in [-0.2, 0) is 14.4 Å². The number of hydrogen-bond acceptors (Lipinski definition) is 11. The molecule has 2 heterocycles. The minimum atomic E-state index is -4.57. The Morgan fingerprint density at radius 2 is 1.60 bits per heavy atom. The lowest BCUT2D eigenvalue weighted by Crippen LogP contribution is -2.47. The van der Waals surface area contributed by atoms with E-state index in [0.29, 0.717) is 17.4 Å². The van der Waals surface area contributed by atoms with Crippen molar-refractivity contribution < 1.29 is 27.3 Å². The predicted molar refractivity (Wildman–Crippen MR) is 277 cm³/mol. The Balaban J connectivity index is 1.02. The summed E-state index contributed by atoms with van der Waals surface area (Å²) in [6.07, 6.45) is 4.70. The van der Waals surface area contributed by atoms with E-state index < -0.39 is 39.8 Å². The van der Waals surface area contributed by atoms with Gasteiger partial charge in [0, 0.05) is 92.9 Å². The minimum absolute atomic E-state index is 0.0384. The highest BCUT2D eigenvalue weighted by atomic mass is 35.5. The second-order valence-electron chi connectivity index (χ2n) is 20.7. The van der Waals surface area contributed by atoms with E-state index in [0.717, 1.165) is 101 Å². The molecule has 1 amide bonds. The highest BCUT2D eigenvalue weighted by Crippen LogP contribution is 2.44. The molecule has 0 unspecified atom stereocenters. The molecule has 2 saturated heterocycles. The van der Waals surface area contributed by atoms with Crippen LogP contribution in [0.4, 0.5) is 17.1 Å². The number of rotatable bonds is 16. The molecule has 4 aromatic rings. The van der Waals surface area contributed by atoms with Crippen molar-refractivity contribution >= 4 is 70.1 Å². The summed E-state index contributed by atoms with van der Waals surface area (Å²) in [6, 6.07) is 23.6. The van der Waals surface area contributed by atoms with Crippen LogP contribution in [-0.4, -0.2) is 102 Å². The lowest BCUT2D eigenvalue weighted by Gasteiger charge is -2.39. The van der Waals surface area contributed by atoms with Crippen molar-refractivity contribution in [1.29, 1.82) is 0 Å². The van der Waals surface area contributed by atoms with Gasteiger partial charge in [0.05, 0.1) is 15.4 Å². The normalized spacial score (nSPS) is 17.8. The van der Waals surface area contributed by atoms with Crippen molar-refractivity contribution in [3.63, 3.8) is 0 Å². The van der Waals surface area contributed by atoms with E-state index in [1.165, 1.54) is 28.8 Å². The number of sulfonamides is 1. The zero-order chi connectivity index (χ0) is 49.0. The Bertz CT molecular complexity index is 2610. The maximum absolute atomic E-state index is 14.0. The number of carbonyl (C=O) groups excluding carboxylic acids is 1. The summed E-state index contributed by atoms with van der Waals surface area (Å²) in [5, 5.41) is 16.9. The smallest absolute Gasteiger partial charge is 0.293 e. The van der Waals surface area contributed by atoms with Gasteiger partial charge in [-0.2, -0.15) is 0 Å². The third-order valence-electron chi connectivity index (χ3n) is 14.1. The Morgan fingerprint density at radius 3 is 2.26 bits per heavy atom. The van der Waals surface area contributed by atoms with Gasteiger partial charge in [-0.15, -0.1) is 0 Å². The van der Waals surface area contributed by atoms with Gasteiger partial charge in [-0.05, 0) is 121 Å². The summed E-state index contributed by atoms with van der Waals surface area (Å²) in [6.45, 7) is 22.9. The van der Waals surface area contributed by atoms with E-state index >= 15 is 0 Å². The lowest BCUT2D eigenvalue weighted by molar-refractivity contribution is -0.384. The second-order valence-corrected chi connectivity index (χ2v) is 28.0. The van der Waals surface area contributed by atoms with E-state index in [2.05, 4.69) is 84.6 Å². The first-order valence-corrected chi connectivity index (χ1v) is 28.7. The molecule has 68 heavy (non-hydrogen) atoms. The molecule has 366 valence electrons. The summed E-state index contributed by atoms with van der Waals surface area (Å²) in [7, 11) is -6.42. The van der Waals surface area contributed by atoms with Crippen molar-refractivity contribution in [2.24, 2.45) is 5.41 Å². The fourth-order valence-corrected chi connectivity index (χ4v) is 11.2. The van der Waals surface area contributed by atoms with Gasteiger partial charge in [-0.1, -0.05) is 81.6 Å². The fourth-order valence-electron chi connectivity index (χ4n) is 8.89. The van der Waals surface area contributed by atoms with Crippen LogP contribution in [0.15, 0.2) is 95.4 Å². The second kappa shape index (κ2) is 21.2. The molecule has 2 fully saturated rings. The summed E-state index contributed by atoms with van der Waals surface area (Å²) in [4.78, 5) is 32.3. The average Bonchev–Trinajstić information content (AvgIpc) is 3.27. The monoisotopic (exact) mass is 1000 g/mol. The zero-order valence-corrected chi connectivity index (χ0v) is 43.7. The van der Waals surface area contributed by atoms with Crippen LogP contribution in [0.5, 0.6) is 11.5 Å². The van der Waals surface area contributed by atoms with Gasteiger partial charge < -0.3 is 24.3 Å². The lowest BCUT2D eigenvalue weighted by atomic mass is 9.72. The maximum Gasteiger partial charge on any atom is 0.293 e. The highest BCUT2D eigenvalue weighted by molar-refractivity contribution is 7.90. The van der Waals surface area contributed by atoms with Crippen LogP contribution >= 0.6 is 23.2 Å². The molecule has 0 aromatic heterocycles. The predicted octanol–water partition coefficient (Wildman–Crippen LogP) is 11.5. The number of benzene rings is 4. The first-order valence-electron chi connectivity index (χ1n) is 23.6. The van der Waals surface area contributed by atoms with Gasteiger partial charge in [-0.25, -0.2) is 13.1 Å². The average molecular weight is 1010 g/mol. The Labute approximate surface area is 413 Å². The first kappa shape index (κ1) is 51.4. The number of piperazine rings is 1. The van der Waals surface area contributed by atoms with Crippen molar-refractivity contribution in [3.8, 4) is 11.5 Å². The van der Waals surface area contributed by atoms with E-state index in [9.17, 15) is 23.3 Å². The molecule has 17 heteroatoms. The molecule has 0 spiro atoms. The topological polar surface area (TPSA) is 147 Å².